The number of rotatable bonds is 3. The lowest BCUT2D eigenvalue weighted by Crippen LogP contribution is -2.55. The number of carbonyl (C=O) groups is 3. The zero-order valence-corrected chi connectivity index (χ0v) is 15.9. The molecule has 1 fully saturated rings. The first-order valence-electron chi connectivity index (χ1n) is 8.28. The molecular weight excluding hydrogens is 342 g/mol. The highest BCUT2D eigenvalue weighted by Gasteiger charge is 2.30. The molecule has 2 rings (SSSR count). The van der Waals surface area contributed by atoms with Crippen LogP contribution in [0.1, 0.15) is 37.4 Å². The lowest BCUT2D eigenvalue weighted by atomic mass is 10.2. The molecule has 0 spiro atoms. The fourth-order valence-corrected chi connectivity index (χ4v) is 3.07. The molecule has 0 unspecified atom stereocenters. The van der Waals surface area contributed by atoms with Gasteiger partial charge in [-0.25, -0.2) is 4.79 Å². The van der Waals surface area contributed by atoms with E-state index in [1.807, 2.05) is 26.2 Å². The summed E-state index contributed by atoms with van der Waals surface area (Å²) in [6.07, 6.45) is -0.362. The van der Waals surface area contributed by atoms with Gasteiger partial charge >= 0.3 is 6.09 Å². The van der Waals surface area contributed by atoms with Crippen LogP contribution in [0.3, 0.4) is 0 Å². The molecule has 8 heteroatoms. The van der Waals surface area contributed by atoms with Gasteiger partial charge in [0.2, 0.25) is 5.91 Å². The van der Waals surface area contributed by atoms with Gasteiger partial charge in [-0.1, -0.05) is 6.07 Å². The van der Waals surface area contributed by atoms with Gasteiger partial charge in [0.05, 0.1) is 4.88 Å². The van der Waals surface area contributed by atoms with E-state index in [1.54, 1.807) is 28.9 Å². The number of hydrogen-bond donors (Lipinski definition) is 1. The Balaban J connectivity index is 1.82. The van der Waals surface area contributed by atoms with E-state index in [1.165, 1.54) is 11.3 Å². The van der Waals surface area contributed by atoms with Crippen molar-refractivity contribution in [2.45, 2.75) is 39.3 Å². The molecule has 1 aliphatic rings. The molecule has 1 aliphatic heterocycles. The lowest BCUT2D eigenvalue weighted by molar-refractivity contribution is -0.134. The molecule has 3 amide bonds. The van der Waals surface area contributed by atoms with Crippen molar-refractivity contribution in [2.75, 3.05) is 26.2 Å². The second-order valence-corrected chi connectivity index (χ2v) is 7.91. The Hall–Kier alpha value is -2.09. The molecule has 7 nitrogen and oxygen atoms in total. The molecule has 0 aliphatic carbocycles. The molecule has 2 heterocycles. The minimum Gasteiger partial charge on any atom is -0.444 e. The molecule has 1 aromatic heterocycles. The lowest BCUT2D eigenvalue weighted by Gasteiger charge is -2.36. The summed E-state index contributed by atoms with van der Waals surface area (Å²) < 4.78 is 5.34. The minimum absolute atomic E-state index is 0.145. The van der Waals surface area contributed by atoms with Crippen molar-refractivity contribution in [3.05, 3.63) is 22.4 Å². The average molecular weight is 367 g/mol. The summed E-state index contributed by atoms with van der Waals surface area (Å²) in [6.45, 7) is 8.84. The topological polar surface area (TPSA) is 79.0 Å². The highest BCUT2D eigenvalue weighted by Crippen LogP contribution is 2.13. The molecule has 0 aromatic carbocycles. The maximum Gasteiger partial charge on any atom is 0.410 e. The van der Waals surface area contributed by atoms with Crippen LogP contribution >= 0.6 is 11.3 Å². The summed E-state index contributed by atoms with van der Waals surface area (Å²) in [5.74, 6) is -0.392. The number of carbonyl (C=O) groups excluding carboxylic acids is 3. The monoisotopic (exact) mass is 367 g/mol. The summed E-state index contributed by atoms with van der Waals surface area (Å²) >= 11 is 1.33. The molecule has 0 radical (unpaired) electrons. The summed E-state index contributed by atoms with van der Waals surface area (Å²) in [7, 11) is 0. The third-order valence-electron chi connectivity index (χ3n) is 3.71. The molecular formula is C17H25N3O4S. The number of nitrogens with zero attached hydrogens (tertiary/aromatic N) is 2. The van der Waals surface area contributed by atoms with Gasteiger partial charge in [0.25, 0.3) is 5.91 Å². The summed E-state index contributed by atoms with van der Waals surface area (Å²) in [6, 6.07) is 2.90. The fourth-order valence-electron chi connectivity index (χ4n) is 2.45. The second-order valence-electron chi connectivity index (χ2n) is 6.97. The van der Waals surface area contributed by atoms with Gasteiger partial charge in [-0.3, -0.25) is 9.59 Å². The number of piperazine rings is 1. The van der Waals surface area contributed by atoms with E-state index in [0.29, 0.717) is 31.1 Å². The highest BCUT2D eigenvalue weighted by molar-refractivity contribution is 7.12. The molecule has 138 valence electrons. The Morgan fingerprint density at radius 3 is 2.28 bits per heavy atom. The van der Waals surface area contributed by atoms with Crippen molar-refractivity contribution in [3.8, 4) is 0 Å². The number of nitrogens with one attached hydrogen (secondary N) is 1. The number of hydrogen-bond acceptors (Lipinski definition) is 5. The Morgan fingerprint density at radius 1 is 1.16 bits per heavy atom. The Morgan fingerprint density at radius 2 is 1.76 bits per heavy atom. The molecule has 0 bridgehead atoms. The van der Waals surface area contributed by atoms with Gasteiger partial charge in [-0.2, -0.15) is 0 Å². The zero-order chi connectivity index (χ0) is 18.6. The van der Waals surface area contributed by atoms with Crippen LogP contribution in [0.2, 0.25) is 0 Å². The Bertz CT molecular complexity index is 616. The van der Waals surface area contributed by atoms with Gasteiger partial charge in [0, 0.05) is 26.2 Å². The number of thiophene rings is 1. The van der Waals surface area contributed by atoms with Gasteiger partial charge in [-0.15, -0.1) is 11.3 Å². The van der Waals surface area contributed by atoms with Crippen molar-refractivity contribution in [2.24, 2.45) is 0 Å². The van der Waals surface area contributed by atoms with E-state index in [0.717, 1.165) is 0 Å². The van der Waals surface area contributed by atoms with Crippen molar-refractivity contribution in [3.63, 3.8) is 0 Å². The van der Waals surface area contributed by atoms with Gasteiger partial charge in [0.1, 0.15) is 11.6 Å². The molecule has 0 saturated carbocycles. The maximum absolute atomic E-state index is 12.5. The first-order chi connectivity index (χ1) is 11.7. The third-order valence-corrected chi connectivity index (χ3v) is 4.57. The summed E-state index contributed by atoms with van der Waals surface area (Å²) in [5, 5.41) is 4.54. The van der Waals surface area contributed by atoms with Crippen molar-refractivity contribution in [1.82, 2.24) is 15.1 Å². The van der Waals surface area contributed by atoms with E-state index >= 15 is 0 Å². The standard InChI is InChI=1S/C17H25N3O4S/c1-12(18-14(21)13-6-5-11-25-13)15(22)19-7-9-20(10-8-19)16(23)24-17(2,3)4/h5-6,11-12H,7-10H2,1-4H3,(H,18,21)/t12-/m0/s1. The third kappa shape index (κ3) is 5.45. The average Bonchev–Trinajstić information content (AvgIpc) is 3.07. The van der Waals surface area contributed by atoms with Crippen LogP contribution < -0.4 is 5.32 Å². The quantitative estimate of drug-likeness (QED) is 0.886. The van der Waals surface area contributed by atoms with Crippen LogP contribution in [0.5, 0.6) is 0 Å². The Kier molecular flexibility index (Phi) is 6.05. The normalized spacial score (nSPS) is 16.3. The largest absolute Gasteiger partial charge is 0.444 e. The smallest absolute Gasteiger partial charge is 0.410 e. The van der Waals surface area contributed by atoms with Crippen molar-refractivity contribution < 1.29 is 19.1 Å². The van der Waals surface area contributed by atoms with E-state index in [2.05, 4.69) is 5.32 Å². The second kappa shape index (κ2) is 7.86. The van der Waals surface area contributed by atoms with Gasteiger partial charge in [0.15, 0.2) is 0 Å². The van der Waals surface area contributed by atoms with Gasteiger partial charge < -0.3 is 19.9 Å². The Labute approximate surface area is 151 Å². The predicted molar refractivity (Wildman–Crippen MR) is 95.6 cm³/mol. The van der Waals surface area contributed by atoms with Gasteiger partial charge in [-0.05, 0) is 39.1 Å². The summed E-state index contributed by atoms with van der Waals surface area (Å²) in [4.78, 5) is 40.4. The number of ether oxygens (including phenoxy) is 1. The van der Waals surface area contributed by atoms with Crippen LogP contribution in [0.15, 0.2) is 17.5 Å². The molecule has 1 saturated heterocycles. The minimum atomic E-state index is -0.609. The summed E-state index contributed by atoms with van der Waals surface area (Å²) in [5.41, 5.74) is -0.537. The van der Waals surface area contributed by atoms with Crippen LogP contribution in [0.25, 0.3) is 0 Å². The number of amides is 3. The maximum atomic E-state index is 12.5. The van der Waals surface area contributed by atoms with E-state index in [4.69, 9.17) is 4.74 Å². The van der Waals surface area contributed by atoms with E-state index in [9.17, 15) is 14.4 Å². The van der Waals surface area contributed by atoms with Crippen LogP contribution in [0.4, 0.5) is 4.79 Å². The first kappa shape index (κ1) is 19.2. The van der Waals surface area contributed by atoms with Crippen molar-refractivity contribution >= 4 is 29.2 Å². The SMILES string of the molecule is C[C@H](NC(=O)c1cccs1)C(=O)N1CCN(C(=O)OC(C)(C)C)CC1. The fraction of sp³-hybridized carbons (Fsp3) is 0.588. The molecule has 1 atom stereocenters. The first-order valence-corrected chi connectivity index (χ1v) is 9.16. The molecule has 1 N–H and O–H groups in total. The van der Waals surface area contributed by atoms with Crippen molar-refractivity contribution in [1.29, 1.82) is 0 Å². The van der Waals surface area contributed by atoms with Crippen LogP contribution in [-0.4, -0.2) is 65.5 Å². The van der Waals surface area contributed by atoms with Crippen LogP contribution in [-0.2, 0) is 9.53 Å². The van der Waals surface area contributed by atoms with Crippen LogP contribution in [0, 0.1) is 0 Å². The zero-order valence-electron chi connectivity index (χ0n) is 15.1. The van der Waals surface area contributed by atoms with E-state index < -0.39 is 11.6 Å². The molecule has 25 heavy (non-hydrogen) atoms. The predicted octanol–water partition coefficient (Wildman–Crippen LogP) is 1.95. The highest BCUT2D eigenvalue weighted by atomic mass is 32.1. The van der Waals surface area contributed by atoms with E-state index in [-0.39, 0.29) is 17.9 Å². The molecule has 1 aromatic rings.